The van der Waals surface area contributed by atoms with Gasteiger partial charge < -0.3 is 10.1 Å². The maximum Gasteiger partial charge on any atom is 0.149 e. The van der Waals surface area contributed by atoms with Crippen LogP contribution in [0.15, 0.2) is 24.5 Å². The summed E-state index contributed by atoms with van der Waals surface area (Å²) in [6.07, 6.45) is 3.69. The molecule has 4 heteroatoms. The number of rotatable bonds is 4. The fourth-order valence-corrected chi connectivity index (χ4v) is 2.32. The van der Waals surface area contributed by atoms with E-state index in [9.17, 15) is 0 Å². The first-order chi connectivity index (χ1) is 9.56. The van der Waals surface area contributed by atoms with E-state index >= 15 is 0 Å². The van der Waals surface area contributed by atoms with Gasteiger partial charge in [-0.2, -0.15) is 0 Å². The lowest BCUT2D eigenvalue weighted by Crippen LogP contribution is -2.21. The molecule has 0 radical (unpaired) electrons. The summed E-state index contributed by atoms with van der Waals surface area (Å²) in [6, 6.07) is 4.18. The second-order valence-electron chi connectivity index (χ2n) is 5.02. The Hall–Kier alpha value is -1.94. The van der Waals surface area contributed by atoms with Gasteiger partial charge in [0.2, 0.25) is 0 Å². The second-order valence-corrected chi connectivity index (χ2v) is 5.02. The first-order valence-electron chi connectivity index (χ1n) is 6.67. The number of ether oxygens (including phenoxy) is 1. The van der Waals surface area contributed by atoms with Gasteiger partial charge >= 0.3 is 0 Å². The zero-order valence-corrected chi connectivity index (χ0v) is 12.7. The third kappa shape index (κ3) is 2.80. The van der Waals surface area contributed by atoms with E-state index in [2.05, 4.69) is 34.3 Å². The monoisotopic (exact) mass is 271 g/mol. The van der Waals surface area contributed by atoms with Crippen molar-refractivity contribution in [1.29, 1.82) is 0 Å². The summed E-state index contributed by atoms with van der Waals surface area (Å²) in [5, 5.41) is 3.29. The van der Waals surface area contributed by atoms with E-state index < -0.39 is 0 Å². The quantitative estimate of drug-likeness (QED) is 0.929. The Labute approximate surface area is 120 Å². The number of methoxy groups -OCH3 is 1. The predicted molar refractivity (Wildman–Crippen MR) is 80.1 cm³/mol. The van der Waals surface area contributed by atoms with Crippen LogP contribution in [0.1, 0.15) is 34.1 Å². The fraction of sp³-hybridized carbons (Fsp3) is 0.375. The van der Waals surface area contributed by atoms with E-state index in [0.717, 1.165) is 28.3 Å². The Bertz CT molecular complexity index is 593. The number of aromatic nitrogens is 2. The van der Waals surface area contributed by atoms with Crippen LogP contribution in [-0.2, 0) is 0 Å². The van der Waals surface area contributed by atoms with Crippen LogP contribution in [0.4, 0.5) is 0 Å². The maximum absolute atomic E-state index is 5.36. The number of aryl methyl sites for hydroxylation is 3. The number of nitrogens with one attached hydrogen (secondary N) is 1. The highest BCUT2D eigenvalue weighted by molar-refractivity contribution is 5.44. The smallest absolute Gasteiger partial charge is 0.149 e. The molecule has 20 heavy (non-hydrogen) atoms. The van der Waals surface area contributed by atoms with E-state index in [-0.39, 0.29) is 6.04 Å². The van der Waals surface area contributed by atoms with Gasteiger partial charge in [0.1, 0.15) is 11.6 Å². The van der Waals surface area contributed by atoms with Crippen LogP contribution in [0.25, 0.3) is 0 Å². The Kier molecular flexibility index (Phi) is 4.35. The molecule has 1 atom stereocenters. The Balaban J connectivity index is 2.46. The lowest BCUT2D eigenvalue weighted by atomic mass is 9.97. The predicted octanol–water partition coefficient (Wildman–Crippen LogP) is 2.72. The standard InChI is InChI=1S/C16H21N3O/c1-10-8-18-16(19-9-10)15(17-4)13-6-12(3)14(20-5)7-11(13)2/h6-9,15,17H,1-5H3. The van der Waals surface area contributed by atoms with Gasteiger partial charge in [-0.1, -0.05) is 6.07 Å². The van der Waals surface area contributed by atoms with Crippen LogP contribution in [-0.4, -0.2) is 24.1 Å². The van der Waals surface area contributed by atoms with E-state index in [4.69, 9.17) is 4.74 Å². The molecule has 0 amide bonds. The van der Waals surface area contributed by atoms with Crippen molar-refractivity contribution in [3.8, 4) is 5.75 Å². The van der Waals surface area contributed by atoms with Crippen LogP contribution in [0, 0.1) is 20.8 Å². The average Bonchev–Trinajstić information content (AvgIpc) is 2.45. The Morgan fingerprint density at radius 3 is 2.25 bits per heavy atom. The minimum Gasteiger partial charge on any atom is -0.496 e. The largest absolute Gasteiger partial charge is 0.496 e. The van der Waals surface area contributed by atoms with Crippen molar-refractivity contribution in [2.45, 2.75) is 26.8 Å². The molecule has 2 rings (SSSR count). The van der Waals surface area contributed by atoms with Crippen molar-refractivity contribution < 1.29 is 4.74 Å². The van der Waals surface area contributed by atoms with Crippen molar-refractivity contribution in [3.63, 3.8) is 0 Å². The molecular formula is C16H21N3O. The van der Waals surface area contributed by atoms with E-state index in [1.54, 1.807) is 7.11 Å². The Morgan fingerprint density at radius 1 is 1.05 bits per heavy atom. The summed E-state index contributed by atoms with van der Waals surface area (Å²) >= 11 is 0. The highest BCUT2D eigenvalue weighted by Gasteiger charge is 2.18. The topological polar surface area (TPSA) is 47.0 Å². The number of hydrogen-bond donors (Lipinski definition) is 1. The van der Waals surface area contributed by atoms with Crippen molar-refractivity contribution in [1.82, 2.24) is 15.3 Å². The molecular weight excluding hydrogens is 250 g/mol. The molecule has 106 valence electrons. The molecule has 1 unspecified atom stereocenters. The van der Waals surface area contributed by atoms with Crippen molar-refractivity contribution in [2.24, 2.45) is 0 Å². The zero-order chi connectivity index (χ0) is 14.7. The molecule has 4 nitrogen and oxygen atoms in total. The highest BCUT2D eigenvalue weighted by atomic mass is 16.5. The van der Waals surface area contributed by atoms with Gasteiger partial charge in [-0.25, -0.2) is 9.97 Å². The SMILES string of the molecule is CNC(c1ncc(C)cn1)c1cc(C)c(OC)cc1C. The zero-order valence-electron chi connectivity index (χ0n) is 12.7. The molecule has 0 spiro atoms. The summed E-state index contributed by atoms with van der Waals surface area (Å²) < 4.78 is 5.36. The molecule has 0 aliphatic carbocycles. The summed E-state index contributed by atoms with van der Waals surface area (Å²) in [5.41, 5.74) is 4.51. The third-order valence-electron chi connectivity index (χ3n) is 3.44. The van der Waals surface area contributed by atoms with E-state index in [1.807, 2.05) is 33.3 Å². The van der Waals surface area contributed by atoms with Gasteiger partial charge in [0.15, 0.2) is 0 Å². The molecule has 0 saturated heterocycles. The van der Waals surface area contributed by atoms with Crippen molar-refractivity contribution in [2.75, 3.05) is 14.2 Å². The summed E-state index contributed by atoms with van der Waals surface area (Å²) in [4.78, 5) is 8.87. The first kappa shape index (κ1) is 14.5. The lowest BCUT2D eigenvalue weighted by Gasteiger charge is -2.19. The summed E-state index contributed by atoms with van der Waals surface area (Å²) in [7, 11) is 3.62. The van der Waals surface area contributed by atoms with Gasteiger partial charge in [0.25, 0.3) is 0 Å². The van der Waals surface area contributed by atoms with Gasteiger partial charge in [-0.15, -0.1) is 0 Å². The van der Waals surface area contributed by atoms with Crippen LogP contribution in [0.5, 0.6) is 5.75 Å². The van der Waals surface area contributed by atoms with Crippen LogP contribution >= 0.6 is 0 Å². The first-order valence-corrected chi connectivity index (χ1v) is 6.67. The van der Waals surface area contributed by atoms with Gasteiger partial charge in [-0.3, -0.25) is 0 Å². The molecule has 0 aliphatic heterocycles. The highest BCUT2D eigenvalue weighted by Crippen LogP contribution is 2.28. The molecule has 0 aliphatic rings. The molecule has 0 fully saturated rings. The molecule has 1 aromatic carbocycles. The van der Waals surface area contributed by atoms with E-state index in [0.29, 0.717) is 0 Å². The van der Waals surface area contributed by atoms with E-state index in [1.165, 1.54) is 5.56 Å². The lowest BCUT2D eigenvalue weighted by molar-refractivity contribution is 0.411. The molecule has 1 aromatic heterocycles. The molecule has 1 N–H and O–H groups in total. The van der Waals surface area contributed by atoms with Gasteiger partial charge in [0.05, 0.1) is 13.2 Å². The number of benzene rings is 1. The summed E-state index contributed by atoms with van der Waals surface area (Å²) in [5.74, 6) is 1.69. The van der Waals surface area contributed by atoms with Gasteiger partial charge in [-0.05, 0) is 56.1 Å². The molecule has 2 aromatic rings. The normalized spacial score (nSPS) is 12.2. The molecule has 0 bridgehead atoms. The fourth-order valence-electron chi connectivity index (χ4n) is 2.32. The Morgan fingerprint density at radius 2 is 1.70 bits per heavy atom. The molecule has 0 saturated carbocycles. The minimum absolute atomic E-state index is 0.0137. The van der Waals surface area contributed by atoms with Gasteiger partial charge in [0, 0.05) is 12.4 Å². The van der Waals surface area contributed by atoms with Crippen molar-refractivity contribution >= 4 is 0 Å². The van der Waals surface area contributed by atoms with Crippen LogP contribution < -0.4 is 10.1 Å². The van der Waals surface area contributed by atoms with Crippen molar-refractivity contribution in [3.05, 3.63) is 52.6 Å². The average molecular weight is 271 g/mol. The number of nitrogens with zero attached hydrogens (tertiary/aromatic N) is 2. The minimum atomic E-state index is -0.0137. The van der Waals surface area contributed by atoms with Crippen LogP contribution in [0.3, 0.4) is 0 Å². The second kappa shape index (κ2) is 6.01. The maximum atomic E-state index is 5.36. The number of hydrogen-bond acceptors (Lipinski definition) is 4. The summed E-state index contributed by atoms with van der Waals surface area (Å²) in [6.45, 7) is 6.11. The molecule has 1 heterocycles. The van der Waals surface area contributed by atoms with Crippen LogP contribution in [0.2, 0.25) is 0 Å². The third-order valence-corrected chi connectivity index (χ3v) is 3.44.